The van der Waals surface area contributed by atoms with Crippen LogP contribution in [0.25, 0.3) is 0 Å². The van der Waals surface area contributed by atoms with Crippen LogP contribution in [0.5, 0.6) is 5.75 Å². The fourth-order valence-corrected chi connectivity index (χ4v) is 1.48. The molecule has 0 fully saturated rings. The Morgan fingerprint density at radius 3 is 2.62 bits per heavy atom. The molecule has 0 spiro atoms. The molecule has 0 unspecified atom stereocenters. The van der Waals surface area contributed by atoms with Gasteiger partial charge in [0, 0.05) is 0 Å². The van der Waals surface area contributed by atoms with E-state index in [0.717, 1.165) is 6.07 Å². The lowest BCUT2D eigenvalue weighted by Gasteiger charge is -2.08. The van der Waals surface area contributed by atoms with Gasteiger partial charge in [0.25, 0.3) is 0 Å². The van der Waals surface area contributed by atoms with Crippen LogP contribution >= 0.6 is 15.9 Å². The van der Waals surface area contributed by atoms with Crippen molar-refractivity contribution in [2.45, 2.75) is 6.61 Å². The largest absolute Gasteiger partial charge is 0.492 e. The first-order valence-corrected chi connectivity index (χ1v) is 4.22. The quantitative estimate of drug-likeness (QED) is 0.875. The second-order valence-electron chi connectivity index (χ2n) is 2.32. The minimum absolute atomic E-state index is 0.106. The van der Waals surface area contributed by atoms with E-state index in [1.54, 1.807) is 0 Å². The number of methoxy groups -OCH3 is 1. The van der Waals surface area contributed by atoms with Crippen LogP contribution in [0, 0.1) is 11.6 Å². The van der Waals surface area contributed by atoms with Crippen molar-refractivity contribution in [2.75, 3.05) is 7.11 Å². The van der Waals surface area contributed by atoms with Crippen molar-refractivity contribution in [3.05, 3.63) is 27.7 Å². The zero-order valence-electron chi connectivity index (χ0n) is 6.77. The number of hydrogen-bond donors (Lipinski definition) is 1. The number of rotatable bonds is 2. The van der Waals surface area contributed by atoms with Crippen LogP contribution in [-0.4, -0.2) is 12.2 Å². The molecule has 1 aromatic carbocycles. The molecule has 0 aromatic heterocycles. The van der Waals surface area contributed by atoms with Gasteiger partial charge in [-0.2, -0.15) is 0 Å². The molecule has 72 valence electrons. The molecule has 0 aliphatic carbocycles. The highest BCUT2D eigenvalue weighted by atomic mass is 79.9. The summed E-state index contributed by atoms with van der Waals surface area (Å²) in [4.78, 5) is 0. The van der Waals surface area contributed by atoms with Gasteiger partial charge in [-0.15, -0.1) is 0 Å². The molecule has 0 aliphatic heterocycles. The number of benzene rings is 1. The van der Waals surface area contributed by atoms with Crippen LogP contribution < -0.4 is 4.74 Å². The first-order chi connectivity index (χ1) is 6.11. The number of aliphatic hydroxyl groups excluding tert-OH is 1. The zero-order chi connectivity index (χ0) is 10.0. The van der Waals surface area contributed by atoms with E-state index in [-0.39, 0.29) is 15.8 Å². The summed E-state index contributed by atoms with van der Waals surface area (Å²) in [5.41, 5.74) is -0.389. The van der Waals surface area contributed by atoms with Crippen molar-refractivity contribution in [3.8, 4) is 5.75 Å². The third-order valence-electron chi connectivity index (χ3n) is 1.59. The van der Waals surface area contributed by atoms with Gasteiger partial charge in [-0.25, -0.2) is 8.78 Å². The number of ether oxygens (including phenoxy) is 1. The smallest absolute Gasteiger partial charge is 0.174 e. The number of halogens is 3. The molecule has 0 atom stereocenters. The monoisotopic (exact) mass is 252 g/mol. The molecule has 0 radical (unpaired) electrons. The topological polar surface area (TPSA) is 29.5 Å². The molecule has 1 rings (SSSR count). The van der Waals surface area contributed by atoms with Crippen molar-refractivity contribution >= 4 is 15.9 Å². The van der Waals surface area contributed by atoms with Gasteiger partial charge in [0.1, 0.15) is 5.82 Å². The van der Waals surface area contributed by atoms with Crippen molar-refractivity contribution in [3.63, 3.8) is 0 Å². The minimum Gasteiger partial charge on any atom is -0.492 e. The summed E-state index contributed by atoms with van der Waals surface area (Å²) in [6.07, 6.45) is 0. The van der Waals surface area contributed by atoms with Crippen LogP contribution in [0.3, 0.4) is 0 Å². The van der Waals surface area contributed by atoms with Gasteiger partial charge in [0.15, 0.2) is 11.6 Å². The predicted octanol–water partition coefficient (Wildman–Crippen LogP) is 2.23. The van der Waals surface area contributed by atoms with E-state index < -0.39 is 18.2 Å². The van der Waals surface area contributed by atoms with Gasteiger partial charge in [-0.05, 0) is 22.0 Å². The molecular weight excluding hydrogens is 246 g/mol. The lowest BCUT2D eigenvalue weighted by Crippen LogP contribution is -1.99. The molecule has 13 heavy (non-hydrogen) atoms. The van der Waals surface area contributed by atoms with Gasteiger partial charge >= 0.3 is 0 Å². The number of hydrogen-bond acceptors (Lipinski definition) is 2. The summed E-state index contributed by atoms with van der Waals surface area (Å²) in [5.74, 6) is -1.78. The van der Waals surface area contributed by atoms with E-state index in [0.29, 0.717) is 0 Å². The van der Waals surface area contributed by atoms with Gasteiger partial charge in [0.05, 0.1) is 23.8 Å². The van der Waals surface area contributed by atoms with Crippen LogP contribution in [-0.2, 0) is 6.61 Å². The Labute approximate surface area is 82.3 Å². The Kier molecular flexibility index (Phi) is 3.22. The third-order valence-corrected chi connectivity index (χ3v) is 2.17. The second kappa shape index (κ2) is 4.02. The van der Waals surface area contributed by atoms with Crippen molar-refractivity contribution in [2.24, 2.45) is 0 Å². The van der Waals surface area contributed by atoms with E-state index in [1.807, 2.05) is 0 Å². The molecule has 0 saturated carbocycles. The molecule has 2 nitrogen and oxygen atoms in total. The highest BCUT2D eigenvalue weighted by molar-refractivity contribution is 9.10. The molecule has 1 N–H and O–H groups in total. The van der Waals surface area contributed by atoms with E-state index in [2.05, 4.69) is 20.7 Å². The Morgan fingerprint density at radius 1 is 1.54 bits per heavy atom. The first-order valence-electron chi connectivity index (χ1n) is 3.43. The summed E-state index contributed by atoms with van der Waals surface area (Å²) in [7, 11) is 1.27. The average molecular weight is 253 g/mol. The highest BCUT2D eigenvalue weighted by Gasteiger charge is 2.16. The predicted molar refractivity (Wildman–Crippen MR) is 46.5 cm³/mol. The Bertz CT molecular complexity index is 300. The fourth-order valence-electron chi connectivity index (χ4n) is 0.943. The maximum atomic E-state index is 13.2. The summed E-state index contributed by atoms with van der Waals surface area (Å²) in [5, 5.41) is 8.66. The molecule has 0 amide bonds. The zero-order valence-corrected chi connectivity index (χ0v) is 8.36. The standard InChI is InChI=1S/C8H7BrF2O2/c1-13-8-5(9)2-6(10)4(3-12)7(8)11/h2,12H,3H2,1H3. The summed E-state index contributed by atoms with van der Waals surface area (Å²) in [6.45, 7) is -0.693. The summed E-state index contributed by atoms with van der Waals surface area (Å²) >= 11 is 2.93. The SMILES string of the molecule is COc1c(Br)cc(F)c(CO)c1F. The lowest BCUT2D eigenvalue weighted by molar-refractivity contribution is 0.265. The highest BCUT2D eigenvalue weighted by Crippen LogP contribution is 2.31. The van der Waals surface area contributed by atoms with Crippen molar-refractivity contribution < 1.29 is 18.6 Å². The summed E-state index contributed by atoms with van der Waals surface area (Å²) in [6, 6.07) is 1.05. The molecule has 1 aromatic rings. The molecule has 5 heteroatoms. The Balaban J connectivity index is 3.39. The van der Waals surface area contributed by atoms with E-state index in [9.17, 15) is 8.78 Å². The second-order valence-corrected chi connectivity index (χ2v) is 3.18. The van der Waals surface area contributed by atoms with Gasteiger partial charge in [-0.1, -0.05) is 0 Å². The van der Waals surface area contributed by atoms with Gasteiger partial charge in [-0.3, -0.25) is 0 Å². The normalized spacial score (nSPS) is 10.2. The molecular formula is C8H7BrF2O2. The lowest BCUT2D eigenvalue weighted by atomic mass is 10.2. The molecule has 0 saturated heterocycles. The van der Waals surface area contributed by atoms with E-state index >= 15 is 0 Å². The van der Waals surface area contributed by atoms with E-state index in [4.69, 9.17) is 5.11 Å². The van der Waals surface area contributed by atoms with E-state index in [1.165, 1.54) is 7.11 Å². The summed E-state index contributed by atoms with van der Waals surface area (Å²) < 4.78 is 31.0. The molecule has 0 aliphatic rings. The maximum Gasteiger partial charge on any atom is 0.174 e. The Morgan fingerprint density at radius 2 is 2.15 bits per heavy atom. The fraction of sp³-hybridized carbons (Fsp3) is 0.250. The van der Waals surface area contributed by atoms with Crippen LogP contribution in [0.2, 0.25) is 0 Å². The van der Waals surface area contributed by atoms with Gasteiger partial charge < -0.3 is 9.84 Å². The number of aliphatic hydroxyl groups is 1. The van der Waals surface area contributed by atoms with Crippen LogP contribution in [0.4, 0.5) is 8.78 Å². The average Bonchev–Trinajstić information content (AvgIpc) is 2.04. The molecule has 0 bridgehead atoms. The molecule has 0 heterocycles. The van der Waals surface area contributed by atoms with Crippen molar-refractivity contribution in [1.82, 2.24) is 0 Å². The minimum atomic E-state index is -0.878. The van der Waals surface area contributed by atoms with Crippen LogP contribution in [0.1, 0.15) is 5.56 Å². The maximum absolute atomic E-state index is 13.2. The van der Waals surface area contributed by atoms with Crippen LogP contribution in [0.15, 0.2) is 10.5 Å². The van der Waals surface area contributed by atoms with Gasteiger partial charge in [0.2, 0.25) is 0 Å². The van der Waals surface area contributed by atoms with Crippen molar-refractivity contribution in [1.29, 1.82) is 0 Å². The third kappa shape index (κ3) is 1.81. The first kappa shape index (κ1) is 10.4. The Hall–Kier alpha value is -0.680.